The summed E-state index contributed by atoms with van der Waals surface area (Å²) in [6.45, 7) is 13.1. The Morgan fingerprint density at radius 1 is 0.867 bits per heavy atom. The maximum absolute atomic E-state index is 11.1. The van der Waals surface area contributed by atoms with Crippen LogP contribution in [0.1, 0.15) is 63.8 Å². The molecule has 1 N–H and O–H groups in total. The van der Waals surface area contributed by atoms with E-state index in [1.54, 1.807) is 0 Å². The number of hydrogen-bond acceptors (Lipinski definition) is 1. The Labute approximate surface area is 182 Å². The molecule has 0 heterocycles. The summed E-state index contributed by atoms with van der Waals surface area (Å²) in [4.78, 5) is 0. The summed E-state index contributed by atoms with van der Waals surface area (Å²) in [6, 6.07) is 14.7. The Morgan fingerprint density at radius 2 is 1.57 bits per heavy atom. The molecule has 3 rings (SSSR count). The van der Waals surface area contributed by atoms with Gasteiger partial charge in [-0.3, -0.25) is 0 Å². The Morgan fingerprint density at radius 3 is 2.20 bits per heavy atom. The van der Waals surface area contributed by atoms with Crippen molar-refractivity contribution in [1.82, 2.24) is 0 Å². The molecule has 1 atom stereocenters. The fourth-order valence-electron chi connectivity index (χ4n) is 3.62. The summed E-state index contributed by atoms with van der Waals surface area (Å²) in [5.74, 6) is 0.558. The lowest BCUT2D eigenvalue weighted by Crippen LogP contribution is -2.17. The second-order valence-electron chi connectivity index (χ2n) is 10.1. The minimum absolute atomic E-state index is 0.00980. The van der Waals surface area contributed by atoms with E-state index in [-0.39, 0.29) is 16.7 Å². The molecule has 2 aromatic carbocycles. The highest BCUT2D eigenvalue weighted by Gasteiger charge is 2.24. The van der Waals surface area contributed by atoms with Crippen LogP contribution in [0.5, 0.6) is 5.75 Å². The maximum Gasteiger partial charge on any atom is 0.126 e. The fourth-order valence-corrected chi connectivity index (χ4v) is 3.62. The molecule has 0 spiro atoms. The fraction of sp³-hybridized carbons (Fsp3) is 0.310. The molecule has 0 saturated carbocycles. The second-order valence-corrected chi connectivity index (χ2v) is 10.1. The van der Waals surface area contributed by atoms with Crippen LogP contribution in [0.15, 0.2) is 78.4 Å². The first-order valence-corrected chi connectivity index (χ1v) is 10.7. The molecule has 1 heteroatoms. The summed E-state index contributed by atoms with van der Waals surface area (Å²) >= 11 is 0. The zero-order chi connectivity index (χ0) is 21.9. The third kappa shape index (κ3) is 5.21. The van der Waals surface area contributed by atoms with Gasteiger partial charge in [0.25, 0.3) is 0 Å². The van der Waals surface area contributed by atoms with Crippen molar-refractivity contribution in [2.24, 2.45) is 5.92 Å². The zero-order valence-corrected chi connectivity index (χ0v) is 19.1. The molecule has 0 bridgehead atoms. The average molecular weight is 399 g/mol. The standard InChI is InChI=1S/C29H34O/c1-28(2,3)25-19-24(27(30)26(20-25)29(4,5)6)18-23-15-11-10-14-22(23)17-16-21-12-8-7-9-13-21/h7-20,22,30H,1-6H3. The largest absolute Gasteiger partial charge is 0.507 e. The van der Waals surface area contributed by atoms with Crippen LogP contribution >= 0.6 is 0 Å². The summed E-state index contributed by atoms with van der Waals surface area (Å²) in [5, 5.41) is 11.1. The number of phenolic OH excluding ortho intramolecular Hbond substituents is 1. The summed E-state index contributed by atoms with van der Waals surface area (Å²) in [7, 11) is 0. The first-order valence-electron chi connectivity index (χ1n) is 10.7. The normalized spacial score (nSPS) is 18.5. The molecule has 0 radical (unpaired) electrons. The summed E-state index contributed by atoms with van der Waals surface area (Å²) in [5.41, 5.74) is 5.36. The van der Waals surface area contributed by atoms with Crippen LogP contribution in [0, 0.1) is 5.92 Å². The Hall–Kier alpha value is -2.80. The third-order valence-corrected chi connectivity index (χ3v) is 5.53. The third-order valence-electron chi connectivity index (χ3n) is 5.53. The molecule has 30 heavy (non-hydrogen) atoms. The molecule has 0 aliphatic heterocycles. The number of benzene rings is 2. The number of rotatable bonds is 3. The lowest BCUT2D eigenvalue weighted by Gasteiger charge is -2.27. The van der Waals surface area contributed by atoms with Gasteiger partial charge in [0.1, 0.15) is 5.75 Å². The van der Waals surface area contributed by atoms with E-state index < -0.39 is 0 Å². The van der Waals surface area contributed by atoms with Crippen molar-refractivity contribution in [3.8, 4) is 5.75 Å². The van der Waals surface area contributed by atoms with Gasteiger partial charge in [-0.1, -0.05) is 114 Å². The Balaban J connectivity index is 2.06. The molecular weight excluding hydrogens is 364 g/mol. The second kappa shape index (κ2) is 8.52. The molecular formula is C29H34O. The van der Waals surface area contributed by atoms with Crippen molar-refractivity contribution >= 4 is 12.2 Å². The van der Waals surface area contributed by atoms with Gasteiger partial charge in [-0.25, -0.2) is 0 Å². The molecule has 0 saturated heterocycles. The molecule has 2 aromatic rings. The number of phenols is 1. The molecule has 0 aromatic heterocycles. The van der Waals surface area contributed by atoms with E-state index in [9.17, 15) is 5.11 Å². The van der Waals surface area contributed by atoms with Gasteiger partial charge in [-0.15, -0.1) is 0 Å². The quantitative estimate of drug-likeness (QED) is 0.558. The zero-order valence-electron chi connectivity index (χ0n) is 19.1. The molecule has 1 aliphatic carbocycles. The first-order chi connectivity index (χ1) is 14.1. The summed E-state index contributed by atoms with van der Waals surface area (Å²) < 4.78 is 0. The van der Waals surface area contributed by atoms with Gasteiger partial charge in [0.2, 0.25) is 0 Å². The van der Waals surface area contributed by atoms with E-state index in [0.717, 1.165) is 11.1 Å². The van der Waals surface area contributed by atoms with Gasteiger partial charge >= 0.3 is 0 Å². The maximum atomic E-state index is 11.1. The Bertz CT molecular complexity index is 1000. The molecule has 0 amide bonds. The van der Waals surface area contributed by atoms with Crippen molar-refractivity contribution in [2.45, 2.75) is 52.4 Å². The van der Waals surface area contributed by atoms with Gasteiger partial charge in [0, 0.05) is 17.0 Å². The van der Waals surface area contributed by atoms with E-state index in [0.29, 0.717) is 5.75 Å². The van der Waals surface area contributed by atoms with E-state index in [4.69, 9.17) is 0 Å². The number of aromatic hydroxyl groups is 1. The number of hydrogen-bond donors (Lipinski definition) is 1. The van der Waals surface area contributed by atoms with Gasteiger partial charge in [0.15, 0.2) is 0 Å². The molecule has 156 valence electrons. The van der Waals surface area contributed by atoms with Crippen molar-refractivity contribution in [3.05, 3.63) is 101 Å². The number of allylic oxidation sites excluding steroid dienone is 6. The van der Waals surface area contributed by atoms with E-state index in [2.05, 4.69) is 120 Å². The van der Waals surface area contributed by atoms with Crippen LogP contribution in [0.4, 0.5) is 0 Å². The van der Waals surface area contributed by atoms with Crippen LogP contribution in [-0.4, -0.2) is 5.11 Å². The van der Waals surface area contributed by atoms with E-state index >= 15 is 0 Å². The lowest BCUT2D eigenvalue weighted by atomic mass is 9.78. The molecule has 1 unspecified atom stereocenters. The highest BCUT2D eigenvalue weighted by molar-refractivity contribution is 5.68. The van der Waals surface area contributed by atoms with Gasteiger partial charge in [0.05, 0.1) is 0 Å². The molecule has 0 fully saturated rings. The first kappa shape index (κ1) is 21.9. The predicted molar refractivity (Wildman–Crippen MR) is 131 cm³/mol. The average Bonchev–Trinajstić information content (AvgIpc) is 2.68. The van der Waals surface area contributed by atoms with Crippen LogP contribution in [0.2, 0.25) is 0 Å². The van der Waals surface area contributed by atoms with E-state index in [1.165, 1.54) is 16.7 Å². The van der Waals surface area contributed by atoms with Crippen LogP contribution < -0.4 is 0 Å². The van der Waals surface area contributed by atoms with Gasteiger partial charge in [-0.05, 0) is 39.7 Å². The summed E-state index contributed by atoms with van der Waals surface area (Å²) in [6.07, 6.45) is 15.0. The Kier molecular flexibility index (Phi) is 6.22. The highest BCUT2D eigenvalue weighted by atomic mass is 16.3. The molecule has 1 aliphatic rings. The minimum Gasteiger partial charge on any atom is -0.507 e. The topological polar surface area (TPSA) is 20.2 Å². The highest BCUT2D eigenvalue weighted by Crippen LogP contribution is 2.39. The van der Waals surface area contributed by atoms with Crippen molar-refractivity contribution in [1.29, 1.82) is 0 Å². The van der Waals surface area contributed by atoms with Gasteiger partial charge < -0.3 is 5.11 Å². The van der Waals surface area contributed by atoms with Crippen LogP contribution in [0.3, 0.4) is 0 Å². The smallest absolute Gasteiger partial charge is 0.126 e. The predicted octanol–water partition coefficient (Wildman–Crippen LogP) is 7.83. The van der Waals surface area contributed by atoms with Crippen molar-refractivity contribution in [3.63, 3.8) is 0 Å². The lowest BCUT2D eigenvalue weighted by molar-refractivity contribution is 0.443. The van der Waals surface area contributed by atoms with Crippen LogP contribution in [-0.2, 0) is 10.8 Å². The van der Waals surface area contributed by atoms with Crippen molar-refractivity contribution < 1.29 is 5.11 Å². The van der Waals surface area contributed by atoms with Crippen molar-refractivity contribution in [2.75, 3.05) is 0 Å². The van der Waals surface area contributed by atoms with Crippen LogP contribution in [0.25, 0.3) is 12.2 Å². The minimum atomic E-state index is -0.131. The monoisotopic (exact) mass is 398 g/mol. The van der Waals surface area contributed by atoms with E-state index in [1.807, 2.05) is 6.07 Å². The van der Waals surface area contributed by atoms with Gasteiger partial charge in [-0.2, -0.15) is 0 Å². The SMILES string of the molecule is CC(C)(C)c1cc(C=C2C=CC=CC2C=Cc2ccccc2)c(O)c(C(C)(C)C)c1. The molecule has 1 nitrogen and oxygen atoms in total.